The van der Waals surface area contributed by atoms with Gasteiger partial charge in [-0.05, 0) is 40.2 Å². The number of aryl methyl sites for hydroxylation is 1. The Labute approximate surface area is 206 Å². The van der Waals surface area contributed by atoms with E-state index in [-0.39, 0.29) is 35.7 Å². The van der Waals surface area contributed by atoms with E-state index < -0.39 is 9.84 Å². The lowest BCUT2D eigenvalue weighted by atomic mass is 10.0. The number of carbonyl (C=O) groups is 1. The van der Waals surface area contributed by atoms with Gasteiger partial charge in [0.25, 0.3) is 5.91 Å². The van der Waals surface area contributed by atoms with Gasteiger partial charge in [0.15, 0.2) is 27.9 Å². The number of anilines is 1. The molecule has 0 bridgehead atoms. The Bertz CT molecular complexity index is 1240. The van der Waals surface area contributed by atoms with E-state index in [9.17, 15) is 13.2 Å². The molecule has 1 atom stereocenters. The van der Waals surface area contributed by atoms with Crippen LogP contribution < -0.4 is 14.4 Å². The zero-order chi connectivity index (χ0) is 25.0. The van der Waals surface area contributed by atoms with E-state index in [1.165, 1.54) is 0 Å². The van der Waals surface area contributed by atoms with Gasteiger partial charge < -0.3 is 19.3 Å². The maximum atomic E-state index is 12.9. The molecule has 190 valence electrons. The summed E-state index contributed by atoms with van der Waals surface area (Å²) < 4.78 is 37.7. The topological polar surface area (TPSA) is 94.0 Å². The average molecular weight is 503 g/mol. The van der Waals surface area contributed by atoms with Crippen molar-refractivity contribution in [2.24, 2.45) is 0 Å². The summed E-state index contributed by atoms with van der Waals surface area (Å²) in [6, 6.07) is 5.73. The Balaban J connectivity index is 1.19. The molecule has 0 radical (unpaired) electrons. The molecule has 1 aromatic heterocycles. The first-order valence-electron chi connectivity index (χ1n) is 12.3. The molecule has 5 rings (SSSR count). The van der Waals surface area contributed by atoms with Crippen LogP contribution in [0.15, 0.2) is 18.2 Å². The summed E-state index contributed by atoms with van der Waals surface area (Å²) in [4.78, 5) is 17.0. The Morgan fingerprint density at radius 3 is 2.63 bits per heavy atom. The summed E-state index contributed by atoms with van der Waals surface area (Å²) in [6.45, 7) is 10.6. The van der Waals surface area contributed by atoms with E-state index in [1.807, 2.05) is 55.5 Å². The number of para-hydroxylation sites is 1. The summed E-state index contributed by atoms with van der Waals surface area (Å²) in [5.74, 6) is 1.70. The second-order valence-corrected chi connectivity index (χ2v) is 12.7. The Morgan fingerprint density at radius 2 is 1.94 bits per heavy atom. The quantitative estimate of drug-likeness (QED) is 0.619. The monoisotopic (exact) mass is 502 g/mol. The number of aromatic nitrogens is 2. The van der Waals surface area contributed by atoms with Gasteiger partial charge in [0, 0.05) is 38.2 Å². The van der Waals surface area contributed by atoms with Gasteiger partial charge in [0.05, 0.1) is 34.6 Å². The molecule has 4 heterocycles. The first-order chi connectivity index (χ1) is 16.5. The number of sulfone groups is 1. The first-order valence-corrected chi connectivity index (χ1v) is 14.1. The highest BCUT2D eigenvalue weighted by atomic mass is 32.2. The Morgan fingerprint density at radius 1 is 1.20 bits per heavy atom. The molecule has 2 aromatic rings. The van der Waals surface area contributed by atoms with Crippen LogP contribution in [-0.4, -0.2) is 78.9 Å². The van der Waals surface area contributed by atoms with Gasteiger partial charge in [-0.2, -0.15) is 5.10 Å². The SMILES string of the molecule is Cc1nn(C2CCS(=O)(=O)C2)c(C)c1N1CCN(C(=O)COc2cccc3c2OC(C)(C)C3)CC1. The van der Waals surface area contributed by atoms with Crippen molar-refractivity contribution in [2.75, 3.05) is 49.2 Å². The fraction of sp³-hybridized carbons (Fsp3) is 0.600. The third-order valence-electron chi connectivity index (χ3n) is 7.20. The number of nitrogens with zero attached hydrogens (tertiary/aromatic N) is 4. The third-order valence-corrected chi connectivity index (χ3v) is 8.95. The van der Waals surface area contributed by atoms with E-state index in [0.29, 0.717) is 38.3 Å². The minimum atomic E-state index is -2.98. The van der Waals surface area contributed by atoms with Gasteiger partial charge in [-0.1, -0.05) is 12.1 Å². The van der Waals surface area contributed by atoms with E-state index in [2.05, 4.69) is 10.00 Å². The second kappa shape index (κ2) is 8.72. The maximum absolute atomic E-state index is 12.9. The molecule has 0 aliphatic carbocycles. The summed E-state index contributed by atoms with van der Waals surface area (Å²) in [7, 11) is -2.98. The van der Waals surface area contributed by atoms with Crippen molar-refractivity contribution in [3.63, 3.8) is 0 Å². The summed E-state index contributed by atoms with van der Waals surface area (Å²) in [6.07, 6.45) is 1.43. The van der Waals surface area contributed by atoms with Crippen molar-refractivity contribution in [1.82, 2.24) is 14.7 Å². The van der Waals surface area contributed by atoms with E-state index >= 15 is 0 Å². The van der Waals surface area contributed by atoms with Gasteiger partial charge >= 0.3 is 0 Å². The van der Waals surface area contributed by atoms with Crippen molar-refractivity contribution in [3.8, 4) is 11.5 Å². The van der Waals surface area contributed by atoms with Gasteiger partial charge in [-0.25, -0.2) is 8.42 Å². The van der Waals surface area contributed by atoms with E-state index in [4.69, 9.17) is 9.47 Å². The zero-order valence-electron chi connectivity index (χ0n) is 20.9. The number of rotatable bonds is 5. The van der Waals surface area contributed by atoms with Crippen molar-refractivity contribution < 1.29 is 22.7 Å². The summed E-state index contributed by atoms with van der Waals surface area (Å²) in [5, 5.41) is 4.69. The minimum absolute atomic E-state index is 0.0214. The van der Waals surface area contributed by atoms with Gasteiger partial charge in [-0.3, -0.25) is 9.48 Å². The Hall–Kier alpha value is -2.75. The van der Waals surface area contributed by atoms with Gasteiger partial charge in [-0.15, -0.1) is 0 Å². The van der Waals surface area contributed by atoms with Crippen LogP contribution >= 0.6 is 0 Å². The molecule has 1 amide bonds. The lowest BCUT2D eigenvalue weighted by molar-refractivity contribution is -0.133. The normalized spacial score (nSPS) is 22.7. The Kier molecular flexibility index (Phi) is 5.97. The number of hydrogen-bond acceptors (Lipinski definition) is 7. The summed E-state index contributed by atoms with van der Waals surface area (Å²) in [5.41, 5.74) is 3.79. The lowest BCUT2D eigenvalue weighted by Gasteiger charge is -2.36. The van der Waals surface area contributed by atoms with Crippen molar-refractivity contribution in [2.45, 2.75) is 52.2 Å². The number of carbonyl (C=O) groups excluding carboxylic acids is 1. The molecule has 3 aliphatic rings. The molecular weight excluding hydrogens is 468 g/mol. The van der Waals surface area contributed by atoms with Crippen LogP contribution in [0.2, 0.25) is 0 Å². The van der Waals surface area contributed by atoms with Crippen LogP contribution in [0, 0.1) is 13.8 Å². The first kappa shape index (κ1) is 24.0. The van der Waals surface area contributed by atoms with Crippen LogP contribution in [0.4, 0.5) is 5.69 Å². The van der Waals surface area contributed by atoms with Crippen LogP contribution in [-0.2, 0) is 21.1 Å². The largest absolute Gasteiger partial charge is 0.483 e. The fourth-order valence-electron chi connectivity index (χ4n) is 5.55. The molecule has 0 spiro atoms. The summed E-state index contributed by atoms with van der Waals surface area (Å²) >= 11 is 0. The van der Waals surface area contributed by atoms with Crippen LogP contribution in [0.3, 0.4) is 0 Å². The number of benzene rings is 1. The number of amides is 1. The molecule has 2 fully saturated rings. The van der Waals surface area contributed by atoms with Crippen molar-refractivity contribution in [3.05, 3.63) is 35.2 Å². The third kappa shape index (κ3) is 4.72. The highest BCUT2D eigenvalue weighted by Gasteiger charge is 2.34. The number of piperazine rings is 1. The molecule has 35 heavy (non-hydrogen) atoms. The van der Waals surface area contributed by atoms with Crippen LogP contribution in [0.1, 0.15) is 43.3 Å². The number of fused-ring (bicyclic) bond motifs is 1. The predicted molar refractivity (Wildman–Crippen MR) is 133 cm³/mol. The van der Waals surface area contributed by atoms with Crippen molar-refractivity contribution in [1.29, 1.82) is 0 Å². The molecular formula is C25H34N4O5S. The molecule has 1 aromatic carbocycles. The zero-order valence-corrected chi connectivity index (χ0v) is 21.7. The fourth-order valence-corrected chi connectivity index (χ4v) is 7.24. The molecule has 1 unspecified atom stereocenters. The van der Waals surface area contributed by atoms with E-state index in [0.717, 1.165) is 34.8 Å². The minimum Gasteiger partial charge on any atom is -0.483 e. The van der Waals surface area contributed by atoms with Gasteiger partial charge in [0.2, 0.25) is 0 Å². The standard InChI is InChI=1S/C25H34N4O5S/c1-17-23(18(2)29(26-17)20-8-13-35(31,32)16-20)28-11-9-27(10-12-28)22(30)15-33-21-7-5-6-19-14-25(3,4)34-24(19)21/h5-7,20H,8-16H2,1-4H3. The molecule has 3 aliphatic heterocycles. The maximum Gasteiger partial charge on any atom is 0.260 e. The molecule has 0 N–H and O–H groups in total. The van der Waals surface area contributed by atoms with Crippen LogP contribution in [0.25, 0.3) is 0 Å². The van der Waals surface area contributed by atoms with Crippen molar-refractivity contribution >= 4 is 21.4 Å². The smallest absolute Gasteiger partial charge is 0.260 e. The second-order valence-electron chi connectivity index (χ2n) is 10.5. The lowest BCUT2D eigenvalue weighted by Crippen LogP contribution is -2.50. The van der Waals surface area contributed by atoms with Gasteiger partial charge in [0.1, 0.15) is 5.60 Å². The molecule has 0 saturated carbocycles. The number of ether oxygens (including phenoxy) is 2. The predicted octanol–water partition coefficient (Wildman–Crippen LogP) is 2.30. The number of hydrogen-bond donors (Lipinski definition) is 0. The molecule has 2 saturated heterocycles. The highest BCUT2D eigenvalue weighted by Crippen LogP contribution is 2.41. The average Bonchev–Trinajstić information content (AvgIpc) is 3.42. The van der Waals surface area contributed by atoms with E-state index in [1.54, 1.807) is 0 Å². The highest BCUT2D eigenvalue weighted by molar-refractivity contribution is 7.91. The van der Waals surface area contributed by atoms with Crippen LogP contribution in [0.5, 0.6) is 11.5 Å². The molecule has 10 heteroatoms. The molecule has 9 nitrogen and oxygen atoms in total.